The number of aliphatic hydroxyl groups excluding tert-OH is 1. The van der Waals surface area contributed by atoms with Gasteiger partial charge in [-0.05, 0) is 27.2 Å². The first-order valence-corrected chi connectivity index (χ1v) is 12.9. The number of H-pyrrole nitrogens is 1. The van der Waals surface area contributed by atoms with Crippen LogP contribution in [0.4, 0.5) is 5.13 Å². The Hall–Kier alpha value is -2.38. The summed E-state index contributed by atoms with van der Waals surface area (Å²) in [6.07, 6.45) is 0.0989. The Morgan fingerprint density at radius 3 is 2.61 bits per heavy atom. The van der Waals surface area contributed by atoms with E-state index in [4.69, 9.17) is 32.7 Å². The van der Waals surface area contributed by atoms with Crippen LogP contribution in [0.25, 0.3) is 0 Å². The molecular weight excluding hydrogens is 533 g/mol. The Morgan fingerprint density at radius 1 is 1.31 bits per heavy atom. The number of piperidine rings is 1. The third-order valence-corrected chi connectivity index (χ3v) is 7.72. The van der Waals surface area contributed by atoms with Crippen molar-refractivity contribution in [2.45, 2.75) is 45.4 Å². The minimum absolute atomic E-state index is 0.0632. The second-order valence-corrected chi connectivity index (χ2v) is 10.0. The van der Waals surface area contributed by atoms with Crippen molar-refractivity contribution < 1.29 is 29.0 Å². The van der Waals surface area contributed by atoms with Gasteiger partial charge in [0.25, 0.3) is 11.8 Å². The van der Waals surface area contributed by atoms with E-state index >= 15 is 0 Å². The lowest BCUT2D eigenvalue weighted by atomic mass is 10.0. The SMILES string of the molecule is CCOC(=O)c1sc(N2CC[C@@H](NC(=O)c3[nH]c(C)c(Cl)c3Cl)[C@@H](OC)C2)nc1C(=O)N[C@H](C)CO. The van der Waals surface area contributed by atoms with Crippen LogP contribution in [0.1, 0.15) is 56.6 Å². The zero-order chi connectivity index (χ0) is 26.6. The molecule has 11 nitrogen and oxygen atoms in total. The highest BCUT2D eigenvalue weighted by Gasteiger charge is 2.35. The molecular formula is C22H29Cl2N5O6S. The molecule has 0 aliphatic carbocycles. The molecule has 0 saturated carbocycles. The molecule has 3 rings (SSSR count). The fraction of sp³-hybridized carbons (Fsp3) is 0.545. The molecule has 1 saturated heterocycles. The smallest absolute Gasteiger partial charge is 0.350 e. The number of hydrogen-bond acceptors (Lipinski definition) is 9. The van der Waals surface area contributed by atoms with Gasteiger partial charge in [0, 0.05) is 31.9 Å². The topological polar surface area (TPSA) is 146 Å². The van der Waals surface area contributed by atoms with Gasteiger partial charge in [-0.1, -0.05) is 34.5 Å². The van der Waals surface area contributed by atoms with Crippen molar-refractivity contribution in [3.63, 3.8) is 0 Å². The largest absolute Gasteiger partial charge is 0.462 e. The summed E-state index contributed by atoms with van der Waals surface area (Å²) in [4.78, 5) is 47.3. The number of thiazole rings is 1. The van der Waals surface area contributed by atoms with Gasteiger partial charge in [-0.15, -0.1) is 0 Å². The molecule has 4 N–H and O–H groups in total. The molecule has 36 heavy (non-hydrogen) atoms. The molecule has 2 aromatic heterocycles. The second-order valence-electron chi connectivity index (χ2n) is 8.29. The normalized spacial score (nSPS) is 18.6. The minimum Gasteiger partial charge on any atom is -0.462 e. The van der Waals surface area contributed by atoms with Crippen LogP contribution >= 0.6 is 34.5 Å². The van der Waals surface area contributed by atoms with Crippen molar-refractivity contribution in [1.82, 2.24) is 20.6 Å². The number of halogens is 2. The summed E-state index contributed by atoms with van der Waals surface area (Å²) >= 11 is 13.3. The van der Waals surface area contributed by atoms with E-state index in [1.165, 1.54) is 7.11 Å². The van der Waals surface area contributed by atoms with E-state index in [2.05, 4.69) is 20.6 Å². The van der Waals surface area contributed by atoms with Crippen LogP contribution in [-0.2, 0) is 9.47 Å². The highest BCUT2D eigenvalue weighted by atomic mass is 35.5. The summed E-state index contributed by atoms with van der Waals surface area (Å²) in [6, 6.07) is -0.836. The number of ether oxygens (including phenoxy) is 2. The molecule has 0 aromatic carbocycles. The lowest BCUT2D eigenvalue weighted by Crippen LogP contribution is -2.55. The third-order valence-electron chi connectivity index (χ3n) is 5.67. The van der Waals surface area contributed by atoms with Crippen LogP contribution in [0.15, 0.2) is 0 Å². The lowest BCUT2D eigenvalue weighted by Gasteiger charge is -2.37. The molecule has 3 heterocycles. The van der Waals surface area contributed by atoms with Crippen molar-refractivity contribution in [2.75, 3.05) is 38.3 Å². The maximum atomic E-state index is 12.8. The molecule has 0 unspecified atom stereocenters. The highest BCUT2D eigenvalue weighted by molar-refractivity contribution is 7.17. The Morgan fingerprint density at radius 2 is 2.03 bits per heavy atom. The average Bonchev–Trinajstić information content (AvgIpc) is 3.42. The van der Waals surface area contributed by atoms with Crippen LogP contribution in [-0.4, -0.2) is 84.5 Å². The number of anilines is 1. The van der Waals surface area contributed by atoms with Crippen molar-refractivity contribution in [1.29, 1.82) is 0 Å². The molecule has 0 bridgehead atoms. The zero-order valence-electron chi connectivity index (χ0n) is 20.3. The Kier molecular flexibility index (Phi) is 9.59. The zero-order valence-corrected chi connectivity index (χ0v) is 22.6. The molecule has 1 fully saturated rings. The molecule has 14 heteroatoms. The first-order valence-electron chi connectivity index (χ1n) is 11.3. The number of hydrogen-bond donors (Lipinski definition) is 4. The summed E-state index contributed by atoms with van der Waals surface area (Å²) in [5.41, 5.74) is 0.717. The van der Waals surface area contributed by atoms with E-state index in [0.29, 0.717) is 35.4 Å². The first-order chi connectivity index (χ1) is 17.1. The predicted octanol–water partition coefficient (Wildman–Crippen LogP) is 2.40. The number of methoxy groups -OCH3 is 1. The van der Waals surface area contributed by atoms with Crippen LogP contribution in [0.3, 0.4) is 0 Å². The van der Waals surface area contributed by atoms with Gasteiger partial charge < -0.3 is 35.1 Å². The molecule has 0 spiro atoms. The van der Waals surface area contributed by atoms with Crippen LogP contribution in [0.2, 0.25) is 10.0 Å². The highest BCUT2D eigenvalue weighted by Crippen LogP contribution is 2.31. The lowest BCUT2D eigenvalue weighted by molar-refractivity contribution is 0.0527. The first kappa shape index (κ1) is 28.2. The average molecular weight is 562 g/mol. The number of carbonyl (C=O) groups is 3. The maximum absolute atomic E-state index is 12.8. The Labute approximate surface area is 222 Å². The maximum Gasteiger partial charge on any atom is 0.350 e. The number of rotatable bonds is 9. The van der Waals surface area contributed by atoms with Gasteiger partial charge >= 0.3 is 5.97 Å². The molecule has 198 valence electrons. The van der Waals surface area contributed by atoms with Crippen LogP contribution in [0.5, 0.6) is 0 Å². The number of aryl methyl sites for hydroxylation is 1. The van der Waals surface area contributed by atoms with Crippen molar-refractivity contribution >= 4 is 57.5 Å². The number of aromatic nitrogens is 2. The molecule has 2 amide bonds. The molecule has 1 aliphatic heterocycles. The van der Waals surface area contributed by atoms with E-state index in [0.717, 1.165) is 11.3 Å². The summed E-state index contributed by atoms with van der Waals surface area (Å²) in [5, 5.41) is 15.7. The number of nitrogens with zero attached hydrogens (tertiary/aromatic N) is 2. The van der Waals surface area contributed by atoms with Crippen molar-refractivity contribution in [2.24, 2.45) is 0 Å². The van der Waals surface area contributed by atoms with E-state index in [1.54, 1.807) is 20.8 Å². The number of carbonyl (C=O) groups excluding carboxylic acids is 3. The standard InChI is InChI=1S/C22H29Cl2N5O6S/c1-5-35-21(33)18-17(20(32)25-10(2)9-30)28-22(36-18)29-7-6-12(13(8-29)34-4)27-19(31)16-15(24)14(23)11(3)26-16/h10,12-13,26,30H,5-9H2,1-4H3,(H,25,32)(H,27,31)/t10-,12-,13+/m1/s1. The van der Waals surface area contributed by atoms with E-state index < -0.39 is 29.9 Å². The summed E-state index contributed by atoms with van der Waals surface area (Å²) < 4.78 is 10.7. The van der Waals surface area contributed by atoms with Gasteiger partial charge in [0.05, 0.1) is 35.4 Å². The summed E-state index contributed by atoms with van der Waals surface area (Å²) in [7, 11) is 1.54. The number of amides is 2. The van der Waals surface area contributed by atoms with Crippen molar-refractivity contribution in [3.8, 4) is 0 Å². The second kappa shape index (κ2) is 12.2. The summed E-state index contributed by atoms with van der Waals surface area (Å²) in [5.74, 6) is -1.62. The predicted molar refractivity (Wildman–Crippen MR) is 137 cm³/mol. The number of aliphatic hydroxyl groups is 1. The van der Waals surface area contributed by atoms with Gasteiger partial charge in [-0.25, -0.2) is 9.78 Å². The van der Waals surface area contributed by atoms with Gasteiger partial charge in [0.1, 0.15) is 10.6 Å². The van der Waals surface area contributed by atoms with Crippen LogP contribution < -0.4 is 15.5 Å². The van der Waals surface area contributed by atoms with Gasteiger partial charge in [0.15, 0.2) is 10.8 Å². The van der Waals surface area contributed by atoms with E-state index in [9.17, 15) is 19.5 Å². The van der Waals surface area contributed by atoms with Crippen molar-refractivity contribution in [3.05, 3.63) is 32.0 Å². The quantitative estimate of drug-likeness (QED) is 0.341. The Balaban J connectivity index is 1.78. The fourth-order valence-electron chi connectivity index (χ4n) is 3.73. The van der Waals surface area contributed by atoms with Crippen LogP contribution in [0, 0.1) is 6.92 Å². The van der Waals surface area contributed by atoms with E-state index in [-0.39, 0.29) is 40.5 Å². The van der Waals surface area contributed by atoms with Gasteiger partial charge in [-0.3, -0.25) is 9.59 Å². The molecule has 3 atom stereocenters. The summed E-state index contributed by atoms with van der Waals surface area (Å²) in [6.45, 7) is 5.74. The number of aromatic amines is 1. The molecule has 2 aromatic rings. The minimum atomic E-state index is -0.648. The monoisotopic (exact) mass is 561 g/mol. The molecule has 0 radical (unpaired) electrons. The third kappa shape index (κ3) is 6.12. The number of nitrogens with one attached hydrogen (secondary N) is 3. The van der Waals surface area contributed by atoms with E-state index in [1.807, 2.05) is 4.90 Å². The number of esters is 1. The fourth-order valence-corrected chi connectivity index (χ4v) is 5.14. The Bertz CT molecular complexity index is 1120. The van der Waals surface area contributed by atoms with Gasteiger partial charge in [-0.2, -0.15) is 0 Å². The molecule has 1 aliphatic rings. The van der Waals surface area contributed by atoms with Gasteiger partial charge in [0.2, 0.25) is 0 Å².